The number of nitrogens with zero attached hydrogens (tertiary/aromatic N) is 4. The molecule has 0 bridgehead atoms. The quantitative estimate of drug-likeness (QED) is 0.559. The van der Waals surface area contributed by atoms with Crippen LogP contribution in [0.25, 0.3) is 0 Å². The number of rotatable bonds is 5. The summed E-state index contributed by atoms with van der Waals surface area (Å²) in [5, 5.41) is 3.51. The first-order valence-electron chi connectivity index (χ1n) is 9.86. The number of halogens is 4. The zero-order valence-electron chi connectivity index (χ0n) is 17.4. The van der Waals surface area contributed by atoms with Crippen LogP contribution in [0.3, 0.4) is 0 Å². The molecule has 0 radical (unpaired) electrons. The summed E-state index contributed by atoms with van der Waals surface area (Å²) in [6, 6.07) is 8.00. The minimum atomic E-state index is -4.44. The van der Waals surface area contributed by atoms with E-state index >= 15 is 0 Å². The maximum atomic E-state index is 12.9. The zero-order valence-corrected chi connectivity index (χ0v) is 19.0. The highest BCUT2D eigenvalue weighted by Crippen LogP contribution is 2.33. The Hall–Kier alpha value is -2.92. The number of anilines is 3. The normalized spacial score (nSPS) is 14.2. The van der Waals surface area contributed by atoms with Crippen LogP contribution >= 0.6 is 11.6 Å². The van der Waals surface area contributed by atoms with Crippen molar-refractivity contribution in [3.63, 3.8) is 0 Å². The maximum Gasteiger partial charge on any atom is 0.416 e. The van der Waals surface area contributed by atoms with Crippen LogP contribution < -0.4 is 10.2 Å². The predicted molar refractivity (Wildman–Crippen MR) is 119 cm³/mol. The fourth-order valence-electron chi connectivity index (χ4n) is 3.55. The fourth-order valence-corrected chi connectivity index (χ4v) is 4.39. The van der Waals surface area contributed by atoms with Crippen molar-refractivity contribution in [2.75, 3.05) is 23.0 Å². The van der Waals surface area contributed by atoms with Gasteiger partial charge in [0, 0.05) is 30.2 Å². The third-order valence-corrected chi connectivity index (χ3v) is 6.09. The van der Waals surface area contributed by atoms with Crippen molar-refractivity contribution in [1.82, 2.24) is 15.0 Å². The van der Waals surface area contributed by atoms with Crippen LogP contribution in [-0.4, -0.2) is 36.2 Å². The molecule has 0 spiro atoms. The average Bonchev–Trinajstić information content (AvgIpc) is 2.72. The third-order valence-electron chi connectivity index (χ3n) is 5.02. The molecule has 12 heteroatoms. The van der Waals surface area contributed by atoms with Gasteiger partial charge in [0.15, 0.2) is 9.84 Å². The summed E-state index contributed by atoms with van der Waals surface area (Å²) >= 11 is 6.28. The molecule has 0 atom stereocenters. The van der Waals surface area contributed by atoms with Crippen LogP contribution in [0.2, 0.25) is 5.02 Å². The summed E-state index contributed by atoms with van der Waals surface area (Å²) in [6.07, 6.45) is -1.22. The Morgan fingerprint density at radius 1 is 1.15 bits per heavy atom. The number of hydrogen-bond donors (Lipinski definition) is 1. The van der Waals surface area contributed by atoms with E-state index in [1.54, 1.807) is 18.3 Å². The van der Waals surface area contributed by atoms with Gasteiger partial charge in [-0.15, -0.1) is 0 Å². The minimum Gasteiger partial charge on any atom is -0.349 e. The molecule has 7 nitrogen and oxygen atoms in total. The predicted octanol–water partition coefficient (Wildman–Crippen LogP) is 4.39. The second-order valence-electron chi connectivity index (χ2n) is 7.66. The highest BCUT2D eigenvalue weighted by molar-refractivity contribution is 7.89. The molecule has 174 valence electrons. The number of nitrogens with one attached hydrogen (secondary N) is 1. The van der Waals surface area contributed by atoms with E-state index in [2.05, 4.69) is 20.3 Å². The van der Waals surface area contributed by atoms with Gasteiger partial charge in [-0.3, -0.25) is 0 Å². The van der Waals surface area contributed by atoms with E-state index in [0.717, 1.165) is 24.0 Å². The van der Waals surface area contributed by atoms with Gasteiger partial charge in [-0.2, -0.15) is 13.2 Å². The Bertz CT molecular complexity index is 1280. The van der Waals surface area contributed by atoms with Gasteiger partial charge in [0.05, 0.1) is 22.8 Å². The smallest absolute Gasteiger partial charge is 0.349 e. The molecule has 1 aliphatic rings. The molecule has 3 heterocycles. The Labute approximate surface area is 193 Å². The van der Waals surface area contributed by atoms with Crippen molar-refractivity contribution in [2.24, 2.45) is 0 Å². The topological polar surface area (TPSA) is 88.1 Å². The van der Waals surface area contributed by atoms with Crippen LogP contribution in [0.1, 0.15) is 22.6 Å². The minimum absolute atomic E-state index is 0.0969. The second-order valence-corrected chi connectivity index (χ2v) is 10.2. The molecular weight excluding hydrogens is 479 g/mol. The molecule has 1 N–H and O–H groups in total. The van der Waals surface area contributed by atoms with Gasteiger partial charge in [-0.1, -0.05) is 11.6 Å². The first-order valence-corrected chi connectivity index (χ1v) is 12.3. The number of sulfone groups is 1. The Morgan fingerprint density at radius 2 is 1.88 bits per heavy atom. The molecule has 33 heavy (non-hydrogen) atoms. The monoisotopic (exact) mass is 497 g/mol. The lowest BCUT2D eigenvalue weighted by Gasteiger charge is -2.30. The van der Waals surface area contributed by atoms with E-state index in [4.69, 9.17) is 11.6 Å². The molecule has 2 aromatic heterocycles. The second kappa shape index (κ2) is 8.79. The molecule has 0 saturated heterocycles. The maximum absolute atomic E-state index is 12.9. The van der Waals surface area contributed by atoms with Crippen molar-refractivity contribution in [2.45, 2.75) is 24.9 Å². The first-order chi connectivity index (χ1) is 15.5. The molecule has 4 rings (SSSR count). The Morgan fingerprint density at radius 3 is 2.52 bits per heavy atom. The van der Waals surface area contributed by atoms with Crippen LogP contribution in [0.4, 0.5) is 30.5 Å². The Balaban J connectivity index is 1.69. The van der Waals surface area contributed by atoms with Crippen molar-refractivity contribution in [3.8, 4) is 0 Å². The number of benzene rings is 1. The van der Waals surface area contributed by atoms with Crippen molar-refractivity contribution in [3.05, 3.63) is 70.3 Å². The van der Waals surface area contributed by atoms with E-state index in [9.17, 15) is 21.6 Å². The van der Waals surface area contributed by atoms with E-state index in [1.165, 1.54) is 12.1 Å². The molecule has 0 unspecified atom stereocenters. The number of pyridine rings is 1. The van der Waals surface area contributed by atoms with E-state index in [1.807, 2.05) is 4.90 Å². The molecule has 0 aliphatic carbocycles. The highest BCUT2D eigenvalue weighted by atomic mass is 35.5. The molecule has 0 amide bonds. The Kier molecular flexibility index (Phi) is 6.19. The summed E-state index contributed by atoms with van der Waals surface area (Å²) < 4.78 is 62.3. The van der Waals surface area contributed by atoms with Crippen LogP contribution in [0.15, 0.2) is 42.6 Å². The summed E-state index contributed by atoms with van der Waals surface area (Å²) in [5.41, 5.74) is 0.990. The van der Waals surface area contributed by atoms with Crippen LogP contribution in [0, 0.1) is 0 Å². The molecule has 1 aliphatic heterocycles. The average molecular weight is 498 g/mol. The molecule has 1 aromatic carbocycles. The number of hydrogen-bond acceptors (Lipinski definition) is 7. The summed E-state index contributed by atoms with van der Waals surface area (Å²) in [7, 11) is -3.41. The fraction of sp³-hybridized carbons (Fsp3) is 0.286. The first kappa shape index (κ1) is 23.2. The lowest BCUT2D eigenvalue weighted by Crippen LogP contribution is -2.33. The molecule has 0 fully saturated rings. The van der Waals surface area contributed by atoms with Gasteiger partial charge in [-0.05, 0) is 42.8 Å². The van der Waals surface area contributed by atoms with Gasteiger partial charge in [-0.25, -0.2) is 23.4 Å². The van der Waals surface area contributed by atoms with Crippen molar-refractivity contribution < 1.29 is 21.6 Å². The number of alkyl halides is 3. The standard InChI is InChI=1S/C21H19ClF3N5O2S/c1-33(31,32)12-18-28-17-11-30(20-16(22)3-2-9-26-20)10-8-15(17)19(29-18)27-14-6-4-13(5-7-14)21(23,24)25/h2-7,9H,8,10-12H2,1H3,(H,27,28,29). The van der Waals surface area contributed by atoms with Gasteiger partial charge >= 0.3 is 6.18 Å². The van der Waals surface area contributed by atoms with Crippen molar-refractivity contribution >= 4 is 38.8 Å². The zero-order chi connectivity index (χ0) is 23.8. The summed E-state index contributed by atoms with van der Waals surface area (Å²) in [6.45, 7) is 0.882. The summed E-state index contributed by atoms with van der Waals surface area (Å²) in [5.74, 6) is 0.682. The van der Waals surface area contributed by atoms with Gasteiger partial charge in [0.25, 0.3) is 0 Å². The lowest BCUT2D eigenvalue weighted by molar-refractivity contribution is -0.137. The number of fused-ring (bicyclic) bond motifs is 1. The highest BCUT2D eigenvalue weighted by Gasteiger charge is 2.30. The number of aromatic nitrogens is 3. The molecule has 3 aromatic rings. The van der Waals surface area contributed by atoms with Crippen LogP contribution in [0.5, 0.6) is 0 Å². The van der Waals surface area contributed by atoms with Gasteiger partial charge in [0.2, 0.25) is 0 Å². The lowest BCUT2D eigenvalue weighted by atomic mass is 10.0. The molecule has 0 saturated carbocycles. The van der Waals surface area contributed by atoms with E-state index < -0.39 is 21.6 Å². The SMILES string of the molecule is CS(=O)(=O)Cc1nc2c(c(Nc3ccc(C(F)(F)F)cc3)n1)CCN(c1ncccc1Cl)C2. The van der Waals surface area contributed by atoms with Crippen LogP contribution in [-0.2, 0) is 34.7 Å². The molecular formula is C21H19ClF3N5O2S. The van der Waals surface area contributed by atoms with E-state index in [-0.39, 0.29) is 11.6 Å². The van der Waals surface area contributed by atoms with Gasteiger partial charge < -0.3 is 10.2 Å². The summed E-state index contributed by atoms with van der Waals surface area (Å²) in [4.78, 5) is 15.1. The third kappa shape index (κ3) is 5.53. The van der Waals surface area contributed by atoms with Gasteiger partial charge in [0.1, 0.15) is 23.2 Å². The largest absolute Gasteiger partial charge is 0.416 e. The van der Waals surface area contributed by atoms with Crippen molar-refractivity contribution in [1.29, 1.82) is 0 Å². The van der Waals surface area contributed by atoms with E-state index in [0.29, 0.717) is 47.6 Å².